The van der Waals surface area contributed by atoms with Crippen LogP contribution in [-0.4, -0.2) is 36.6 Å². The molecule has 7 heteroatoms. The highest BCUT2D eigenvalue weighted by Gasteiger charge is 2.12. The van der Waals surface area contributed by atoms with Gasteiger partial charge in [0.05, 0.1) is 0 Å². The summed E-state index contributed by atoms with van der Waals surface area (Å²) in [5, 5.41) is 57.9. The largest absolute Gasteiger partial charge is 0.508 e. The molecule has 3 aromatic carbocycles. The molecule has 0 heterocycles. The van der Waals surface area contributed by atoms with Crippen molar-refractivity contribution < 1.29 is 35.4 Å². The molecule has 7 nitrogen and oxygen atoms in total. The van der Waals surface area contributed by atoms with E-state index in [9.17, 15) is 30.3 Å². The molecule has 0 saturated carbocycles. The van der Waals surface area contributed by atoms with Gasteiger partial charge in [-0.1, -0.05) is 6.07 Å². The van der Waals surface area contributed by atoms with E-state index < -0.39 is 5.97 Å². The number of aryl methyl sites for hydroxylation is 4. The molecule has 3 aromatic rings. The number of rotatable bonds is 7. The van der Waals surface area contributed by atoms with E-state index in [-0.39, 0.29) is 34.3 Å². The Hall–Kier alpha value is -3.87. The molecular formula is C23H22O7. The molecule has 0 aliphatic carbocycles. The Balaban J connectivity index is 1.78. The minimum absolute atomic E-state index is 0.0385. The molecule has 0 bridgehead atoms. The molecular weight excluding hydrogens is 388 g/mol. The molecule has 0 aliphatic heterocycles. The number of phenols is 5. The van der Waals surface area contributed by atoms with E-state index in [1.807, 2.05) is 0 Å². The predicted molar refractivity (Wildman–Crippen MR) is 109 cm³/mol. The minimum Gasteiger partial charge on any atom is -0.508 e. The lowest BCUT2D eigenvalue weighted by atomic mass is 9.94. The van der Waals surface area contributed by atoms with Crippen molar-refractivity contribution in [1.82, 2.24) is 0 Å². The molecule has 0 unspecified atom stereocenters. The van der Waals surface area contributed by atoms with Crippen molar-refractivity contribution in [3.8, 4) is 28.7 Å². The van der Waals surface area contributed by atoms with Crippen LogP contribution >= 0.6 is 0 Å². The Morgan fingerprint density at radius 2 is 1.13 bits per heavy atom. The number of hydrogen-bond donors (Lipinski definition) is 6. The molecule has 6 N–H and O–H groups in total. The molecule has 156 valence electrons. The molecule has 0 aromatic heterocycles. The average Bonchev–Trinajstić information content (AvgIpc) is 2.66. The lowest BCUT2D eigenvalue weighted by molar-refractivity contribution is 0.0693. The summed E-state index contributed by atoms with van der Waals surface area (Å²) >= 11 is 0. The minimum atomic E-state index is -1.21. The van der Waals surface area contributed by atoms with Gasteiger partial charge in [-0.3, -0.25) is 0 Å². The molecule has 0 spiro atoms. The van der Waals surface area contributed by atoms with Gasteiger partial charge in [0.15, 0.2) is 11.5 Å². The van der Waals surface area contributed by atoms with Crippen molar-refractivity contribution in [1.29, 1.82) is 0 Å². The maximum Gasteiger partial charge on any atom is 0.339 e. The number of carboxylic acids is 1. The number of hydrogen-bond acceptors (Lipinski definition) is 6. The first-order valence-corrected chi connectivity index (χ1v) is 9.33. The van der Waals surface area contributed by atoms with E-state index in [2.05, 4.69) is 0 Å². The molecule has 0 fully saturated rings. The molecule has 3 rings (SSSR count). The van der Waals surface area contributed by atoms with Crippen LogP contribution in [0.3, 0.4) is 0 Å². The van der Waals surface area contributed by atoms with Crippen molar-refractivity contribution >= 4 is 5.97 Å². The van der Waals surface area contributed by atoms with Gasteiger partial charge in [-0.05, 0) is 84.3 Å². The molecule has 0 radical (unpaired) electrons. The van der Waals surface area contributed by atoms with Gasteiger partial charge in [0.1, 0.15) is 22.8 Å². The fourth-order valence-corrected chi connectivity index (χ4v) is 3.40. The van der Waals surface area contributed by atoms with E-state index in [4.69, 9.17) is 5.11 Å². The highest BCUT2D eigenvalue weighted by atomic mass is 16.4. The summed E-state index contributed by atoms with van der Waals surface area (Å²) in [6, 6.07) is 11.7. The fourth-order valence-electron chi connectivity index (χ4n) is 3.40. The predicted octanol–water partition coefficient (Wildman–Crippen LogP) is 3.48. The second kappa shape index (κ2) is 8.65. The lowest BCUT2D eigenvalue weighted by Gasteiger charge is -2.13. The maximum atomic E-state index is 11.0. The number of aromatic carboxylic acids is 1. The zero-order valence-electron chi connectivity index (χ0n) is 16.0. The van der Waals surface area contributed by atoms with E-state index in [1.165, 1.54) is 30.3 Å². The van der Waals surface area contributed by atoms with Gasteiger partial charge in [-0.25, -0.2) is 4.79 Å². The topological polar surface area (TPSA) is 138 Å². The third-order valence-corrected chi connectivity index (χ3v) is 4.92. The van der Waals surface area contributed by atoms with Crippen LogP contribution in [0.2, 0.25) is 0 Å². The Morgan fingerprint density at radius 1 is 0.600 bits per heavy atom. The number of phenolic OH excluding ortho intramolecular Hbond substituents is 4. The fraction of sp³-hybridized carbons (Fsp3) is 0.174. The van der Waals surface area contributed by atoms with Crippen LogP contribution in [0.25, 0.3) is 0 Å². The van der Waals surface area contributed by atoms with Crippen molar-refractivity contribution in [3.63, 3.8) is 0 Å². The third kappa shape index (κ3) is 4.94. The quantitative estimate of drug-likeness (QED) is 0.328. The van der Waals surface area contributed by atoms with Crippen LogP contribution in [0.4, 0.5) is 0 Å². The van der Waals surface area contributed by atoms with Crippen molar-refractivity contribution in [2.75, 3.05) is 0 Å². The third-order valence-electron chi connectivity index (χ3n) is 4.92. The van der Waals surface area contributed by atoms with Gasteiger partial charge in [-0.2, -0.15) is 0 Å². The van der Waals surface area contributed by atoms with Crippen molar-refractivity contribution in [2.45, 2.75) is 25.7 Å². The molecule has 0 atom stereocenters. The average molecular weight is 410 g/mol. The van der Waals surface area contributed by atoms with Gasteiger partial charge in [0.25, 0.3) is 0 Å². The first-order chi connectivity index (χ1) is 14.2. The smallest absolute Gasteiger partial charge is 0.339 e. The number of aromatic hydroxyl groups is 5. The van der Waals surface area contributed by atoms with E-state index >= 15 is 0 Å². The highest BCUT2D eigenvalue weighted by Crippen LogP contribution is 2.31. The standard InChI is InChI=1S/C23H22O7/c24-17-7-14(8-18(25)12-17)2-5-16-11-22(28)21(27)10-15(16)4-1-13-3-6-19(23(29)30)20(26)9-13/h3,6-12,24-28H,1-2,4-5H2,(H,29,30). The summed E-state index contributed by atoms with van der Waals surface area (Å²) in [6.07, 6.45) is 1.96. The monoisotopic (exact) mass is 410 g/mol. The van der Waals surface area contributed by atoms with Crippen molar-refractivity contribution in [2.24, 2.45) is 0 Å². The summed E-state index contributed by atoms with van der Waals surface area (Å²) in [4.78, 5) is 11.0. The summed E-state index contributed by atoms with van der Waals surface area (Å²) in [5.41, 5.74) is 2.86. The Kier molecular flexibility index (Phi) is 6.01. The van der Waals surface area contributed by atoms with Crippen LogP contribution in [0.5, 0.6) is 28.7 Å². The number of carboxylic acid groups (broad SMARTS) is 1. The van der Waals surface area contributed by atoms with Crippen molar-refractivity contribution in [3.05, 3.63) is 76.3 Å². The number of carbonyl (C=O) groups is 1. The summed E-state index contributed by atoms with van der Waals surface area (Å²) in [5.74, 6) is -2.07. The summed E-state index contributed by atoms with van der Waals surface area (Å²) < 4.78 is 0. The second-order valence-corrected chi connectivity index (χ2v) is 7.12. The Morgan fingerprint density at radius 3 is 1.63 bits per heavy atom. The first-order valence-electron chi connectivity index (χ1n) is 9.33. The zero-order valence-corrected chi connectivity index (χ0v) is 16.0. The van der Waals surface area contributed by atoms with E-state index in [0.717, 1.165) is 22.3 Å². The van der Waals surface area contributed by atoms with Gasteiger partial charge >= 0.3 is 5.97 Å². The van der Waals surface area contributed by atoms with Gasteiger partial charge in [-0.15, -0.1) is 0 Å². The summed E-state index contributed by atoms with van der Waals surface area (Å²) in [7, 11) is 0. The second-order valence-electron chi connectivity index (χ2n) is 7.12. The maximum absolute atomic E-state index is 11.0. The SMILES string of the molecule is O=C(O)c1ccc(CCc2cc(O)c(O)cc2CCc2cc(O)cc(O)c2)cc1O. The normalized spacial score (nSPS) is 10.8. The van der Waals surface area contributed by atoms with Crippen LogP contribution in [0.1, 0.15) is 32.6 Å². The first kappa shape index (κ1) is 20.9. The zero-order chi connectivity index (χ0) is 21.8. The molecule has 0 saturated heterocycles. The van der Waals surface area contributed by atoms with Gasteiger partial charge < -0.3 is 30.6 Å². The van der Waals surface area contributed by atoms with E-state index in [1.54, 1.807) is 18.2 Å². The van der Waals surface area contributed by atoms with Crippen LogP contribution in [0.15, 0.2) is 48.5 Å². The van der Waals surface area contributed by atoms with Crippen LogP contribution < -0.4 is 0 Å². The Bertz CT molecular complexity index is 1070. The molecule has 0 amide bonds. The highest BCUT2D eigenvalue weighted by molar-refractivity contribution is 5.90. The van der Waals surface area contributed by atoms with Crippen LogP contribution in [0, 0.1) is 0 Å². The number of benzene rings is 3. The molecule has 30 heavy (non-hydrogen) atoms. The summed E-state index contributed by atoms with van der Waals surface area (Å²) in [6.45, 7) is 0. The lowest BCUT2D eigenvalue weighted by Crippen LogP contribution is -2.01. The molecule has 0 aliphatic rings. The van der Waals surface area contributed by atoms with E-state index in [0.29, 0.717) is 25.7 Å². The van der Waals surface area contributed by atoms with Gasteiger partial charge in [0, 0.05) is 6.07 Å². The van der Waals surface area contributed by atoms with Crippen LogP contribution in [-0.2, 0) is 25.7 Å². The van der Waals surface area contributed by atoms with Gasteiger partial charge in [0.2, 0.25) is 0 Å². The Labute approximate surface area is 172 Å².